The largest absolute Gasteiger partial charge is 0.376 e. The third-order valence-corrected chi connectivity index (χ3v) is 6.43. The fourth-order valence-corrected chi connectivity index (χ4v) is 4.58. The predicted octanol–water partition coefficient (Wildman–Crippen LogP) is 2.92. The van der Waals surface area contributed by atoms with Crippen molar-refractivity contribution in [1.82, 2.24) is 5.32 Å². The number of hydrogen-bond acceptors (Lipinski definition) is 5. The van der Waals surface area contributed by atoms with Crippen LogP contribution in [0.2, 0.25) is 0 Å². The second kappa shape index (κ2) is 11.2. The summed E-state index contributed by atoms with van der Waals surface area (Å²) in [5, 5.41) is 5.54. The number of amides is 2. The Labute approximate surface area is 193 Å². The third kappa shape index (κ3) is 7.00. The minimum atomic E-state index is -3.73. The highest BCUT2D eigenvalue weighted by molar-refractivity contribution is 7.92. The number of rotatable bonds is 10. The molecule has 10 heteroatoms. The summed E-state index contributed by atoms with van der Waals surface area (Å²) in [5.41, 5.74) is 0.628. The zero-order valence-electron chi connectivity index (χ0n) is 18.4. The van der Waals surface area contributed by atoms with E-state index < -0.39 is 15.8 Å². The number of benzene rings is 2. The lowest BCUT2D eigenvalue weighted by Crippen LogP contribution is -2.33. The van der Waals surface area contributed by atoms with Crippen LogP contribution in [-0.4, -0.2) is 52.3 Å². The van der Waals surface area contributed by atoms with Gasteiger partial charge in [-0.25, -0.2) is 12.8 Å². The molecule has 0 unspecified atom stereocenters. The maximum atomic E-state index is 14.1. The number of para-hydroxylation sites is 2. The molecule has 8 nitrogen and oxygen atoms in total. The Morgan fingerprint density at radius 3 is 2.58 bits per heavy atom. The fourth-order valence-electron chi connectivity index (χ4n) is 3.61. The minimum absolute atomic E-state index is 0.00273. The van der Waals surface area contributed by atoms with Crippen LogP contribution in [-0.2, 0) is 19.6 Å². The molecule has 1 heterocycles. The maximum Gasteiger partial charge on any atom is 0.253 e. The van der Waals surface area contributed by atoms with E-state index in [1.807, 2.05) is 0 Å². The number of carbonyl (C=O) groups is 2. The number of ether oxygens (including phenoxy) is 1. The van der Waals surface area contributed by atoms with Gasteiger partial charge in [-0.3, -0.25) is 13.9 Å². The average Bonchev–Trinajstić information content (AvgIpc) is 3.29. The average molecular weight is 478 g/mol. The first-order valence-electron chi connectivity index (χ1n) is 10.8. The SMILES string of the molecule is CS(=O)(=O)N(CCCC(=O)Nc1ccccc1C(=O)NC[C@H]1CCCO1)c1ccccc1F. The van der Waals surface area contributed by atoms with Crippen LogP contribution in [0.4, 0.5) is 15.8 Å². The number of nitrogens with one attached hydrogen (secondary N) is 2. The van der Waals surface area contributed by atoms with Crippen molar-refractivity contribution in [1.29, 1.82) is 0 Å². The van der Waals surface area contributed by atoms with E-state index >= 15 is 0 Å². The molecule has 2 amide bonds. The van der Waals surface area contributed by atoms with E-state index in [1.54, 1.807) is 30.3 Å². The summed E-state index contributed by atoms with van der Waals surface area (Å²) in [4.78, 5) is 25.1. The maximum absolute atomic E-state index is 14.1. The van der Waals surface area contributed by atoms with Gasteiger partial charge < -0.3 is 15.4 Å². The van der Waals surface area contributed by atoms with Crippen LogP contribution in [0, 0.1) is 5.82 Å². The first-order chi connectivity index (χ1) is 15.8. The lowest BCUT2D eigenvalue weighted by Gasteiger charge is -2.22. The molecule has 1 aliphatic rings. The minimum Gasteiger partial charge on any atom is -0.376 e. The predicted molar refractivity (Wildman–Crippen MR) is 124 cm³/mol. The van der Waals surface area contributed by atoms with Crippen LogP contribution in [0.15, 0.2) is 48.5 Å². The van der Waals surface area contributed by atoms with E-state index in [0.717, 1.165) is 23.4 Å². The summed E-state index contributed by atoms with van der Waals surface area (Å²) in [7, 11) is -3.73. The van der Waals surface area contributed by atoms with Crippen LogP contribution in [0.3, 0.4) is 0 Å². The fraction of sp³-hybridized carbons (Fsp3) is 0.391. The quantitative estimate of drug-likeness (QED) is 0.548. The molecule has 1 saturated heterocycles. The van der Waals surface area contributed by atoms with E-state index in [4.69, 9.17) is 4.74 Å². The third-order valence-electron chi connectivity index (χ3n) is 5.25. The Bertz CT molecular complexity index is 1090. The van der Waals surface area contributed by atoms with Gasteiger partial charge in [-0.15, -0.1) is 0 Å². The molecule has 33 heavy (non-hydrogen) atoms. The van der Waals surface area contributed by atoms with Crippen molar-refractivity contribution >= 4 is 33.2 Å². The van der Waals surface area contributed by atoms with Gasteiger partial charge in [0.25, 0.3) is 5.91 Å². The van der Waals surface area contributed by atoms with Crippen LogP contribution < -0.4 is 14.9 Å². The normalized spacial score (nSPS) is 15.8. The number of carbonyl (C=O) groups excluding carboxylic acids is 2. The molecule has 2 aromatic carbocycles. The molecule has 2 N–H and O–H groups in total. The van der Waals surface area contributed by atoms with Gasteiger partial charge in [0.1, 0.15) is 5.82 Å². The Hall–Kier alpha value is -2.98. The molecule has 0 aliphatic carbocycles. The number of hydrogen-bond donors (Lipinski definition) is 2. The van der Waals surface area contributed by atoms with Gasteiger partial charge in [-0.2, -0.15) is 0 Å². The number of sulfonamides is 1. The highest BCUT2D eigenvalue weighted by atomic mass is 32.2. The van der Waals surface area contributed by atoms with Crippen molar-refractivity contribution in [2.24, 2.45) is 0 Å². The zero-order valence-corrected chi connectivity index (χ0v) is 19.2. The van der Waals surface area contributed by atoms with Crippen LogP contribution >= 0.6 is 0 Å². The molecule has 0 radical (unpaired) electrons. The van der Waals surface area contributed by atoms with Crippen molar-refractivity contribution in [3.8, 4) is 0 Å². The van der Waals surface area contributed by atoms with E-state index in [1.165, 1.54) is 18.2 Å². The van der Waals surface area contributed by atoms with Crippen molar-refractivity contribution in [2.45, 2.75) is 31.8 Å². The molecular weight excluding hydrogens is 449 g/mol. The van der Waals surface area contributed by atoms with Gasteiger partial charge in [-0.05, 0) is 43.5 Å². The van der Waals surface area contributed by atoms with Gasteiger partial charge >= 0.3 is 0 Å². The molecule has 1 fully saturated rings. The Balaban J connectivity index is 1.57. The molecule has 0 spiro atoms. The Morgan fingerprint density at radius 1 is 1.15 bits per heavy atom. The topological polar surface area (TPSA) is 105 Å². The van der Waals surface area contributed by atoms with E-state index in [2.05, 4.69) is 10.6 Å². The van der Waals surface area contributed by atoms with Gasteiger partial charge in [0.2, 0.25) is 15.9 Å². The monoisotopic (exact) mass is 477 g/mol. The Morgan fingerprint density at radius 2 is 1.88 bits per heavy atom. The van der Waals surface area contributed by atoms with Crippen LogP contribution in [0.1, 0.15) is 36.0 Å². The molecule has 0 bridgehead atoms. The van der Waals surface area contributed by atoms with Gasteiger partial charge in [0, 0.05) is 26.1 Å². The first-order valence-corrected chi connectivity index (χ1v) is 12.6. The van der Waals surface area contributed by atoms with Crippen molar-refractivity contribution in [3.63, 3.8) is 0 Å². The van der Waals surface area contributed by atoms with E-state index in [0.29, 0.717) is 24.4 Å². The summed E-state index contributed by atoms with van der Waals surface area (Å²) in [5.74, 6) is -1.35. The number of nitrogens with zero attached hydrogens (tertiary/aromatic N) is 1. The lowest BCUT2D eigenvalue weighted by molar-refractivity contribution is -0.116. The molecule has 1 atom stereocenters. The summed E-state index contributed by atoms with van der Waals surface area (Å²) in [6, 6.07) is 12.2. The highest BCUT2D eigenvalue weighted by Crippen LogP contribution is 2.22. The van der Waals surface area contributed by atoms with Gasteiger partial charge in [-0.1, -0.05) is 24.3 Å². The molecule has 0 aromatic heterocycles. The lowest BCUT2D eigenvalue weighted by atomic mass is 10.1. The summed E-state index contributed by atoms with van der Waals surface area (Å²) < 4.78 is 44.8. The van der Waals surface area contributed by atoms with Crippen molar-refractivity contribution in [3.05, 3.63) is 59.9 Å². The molecule has 3 rings (SSSR count). The first kappa shape index (κ1) is 24.7. The zero-order chi connectivity index (χ0) is 23.8. The molecule has 1 aliphatic heterocycles. The standard InChI is InChI=1S/C23H28FN3O5S/c1-33(30,31)27(21-12-5-3-10-19(21)24)14-6-13-22(28)26-20-11-4-2-9-18(20)23(29)25-16-17-8-7-15-32-17/h2-5,9-12,17H,6-8,13-16H2,1H3,(H,25,29)(H,26,28)/t17-/m1/s1. The molecule has 178 valence electrons. The van der Waals surface area contributed by atoms with E-state index in [-0.39, 0.29) is 43.0 Å². The van der Waals surface area contributed by atoms with Crippen molar-refractivity contribution < 1.29 is 27.1 Å². The molecule has 2 aromatic rings. The van der Waals surface area contributed by atoms with Gasteiger partial charge in [0.05, 0.1) is 29.3 Å². The second-order valence-electron chi connectivity index (χ2n) is 7.83. The van der Waals surface area contributed by atoms with Gasteiger partial charge in [0.15, 0.2) is 0 Å². The Kier molecular flexibility index (Phi) is 8.40. The van der Waals surface area contributed by atoms with Crippen LogP contribution in [0.25, 0.3) is 0 Å². The van der Waals surface area contributed by atoms with Crippen molar-refractivity contribution in [2.75, 3.05) is 35.6 Å². The van der Waals surface area contributed by atoms with E-state index in [9.17, 15) is 22.4 Å². The summed E-state index contributed by atoms with van der Waals surface area (Å²) in [6.07, 6.45) is 3.03. The summed E-state index contributed by atoms with van der Waals surface area (Å²) >= 11 is 0. The molecular formula is C23H28FN3O5S. The number of anilines is 2. The molecule has 0 saturated carbocycles. The second-order valence-corrected chi connectivity index (χ2v) is 9.74. The summed E-state index contributed by atoms with van der Waals surface area (Å²) in [6.45, 7) is 1.04. The smallest absolute Gasteiger partial charge is 0.253 e. The number of halogens is 1. The highest BCUT2D eigenvalue weighted by Gasteiger charge is 2.21. The van der Waals surface area contributed by atoms with Crippen LogP contribution in [0.5, 0.6) is 0 Å².